The molecule has 0 saturated carbocycles. The number of nitro groups is 2. The van der Waals surface area contributed by atoms with Crippen molar-refractivity contribution in [3.8, 4) is 0 Å². The monoisotopic (exact) mass is 362 g/mol. The van der Waals surface area contributed by atoms with Crippen molar-refractivity contribution in [2.45, 2.75) is 6.92 Å². The van der Waals surface area contributed by atoms with E-state index >= 15 is 0 Å². The van der Waals surface area contributed by atoms with E-state index in [1.165, 1.54) is 30.3 Å². The molecule has 0 fully saturated rings. The van der Waals surface area contributed by atoms with Crippen LogP contribution in [-0.4, -0.2) is 21.5 Å². The first kappa shape index (κ1) is 18.0. The number of non-ortho nitro benzene ring substituents is 1. The molecular formula is C15H11ClN4O5. The SMILES string of the molecule is C/C(=N/NC(=O)c1ccc(Cl)c([N+](=O)[O-])c1)c1cccc([N+](=O)[O-])c1. The van der Waals surface area contributed by atoms with Gasteiger partial charge in [-0.25, -0.2) is 5.43 Å². The lowest BCUT2D eigenvalue weighted by Gasteiger charge is -2.04. The van der Waals surface area contributed by atoms with Crippen molar-refractivity contribution in [1.29, 1.82) is 0 Å². The molecule has 0 atom stereocenters. The van der Waals surface area contributed by atoms with Crippen LogP contribution in [0.3, 0.4) is 0 Å². The molecule has 10 heteroatoms. The number of rotatable bonds is 5. The zero-order chi connectivity index (χ0) is 18.6. The Balaban J connectivity index is 2.19. The van der Waals surface area contributed by atoms with Gasteiger partial charge >= 0.3 is 0 Å². The molecule has 2 rings (SSSR count). The zero-order valence-electron chi connectivity index (χ0n) is 12.8. The second kappa shape index (κ2) is 7.49. The number of benzene rings is 2. The van der Waals surface area contributed by atoms with Crippen molar-refractivity contribution in [1.82, 2.24) is 5.43 Å². The van der Waals surface area contributed by atoms with Gasteiger partial charge in [0.15, 0.2) is 0 Å². The lowest BCUT2D eigenvalue weighted by atomic mass is 10.1. The fourth-order valence-electron chi connectivity index (χ4n) is 1.90. The fraction of sp³-hybridized carbons (Fsp3) is 0.0667. The Morgan fingerprint density at radius 2 is 1.80 bits per heavy atom. The van der Waals surface area contributed by atoms with E-state index < -0.39 is 21.4 Å². The maximum atomic E-state index is 12.0. The van der Waals surface area contributed by atoms with E-state index in [0.29, 0.717) is 11.3 Å². The van der Waals surface area contributed by atoms with Gasteiger partial charge < -0.3 is 0 Å². The highest BCUT2D eigenvalue weighted by Gasteiger charge is 2.16. The number of hydrogen-bond acceptors (Lipinski definition) is 6. The van der Waals surface area contributed by atoms with E-state index in [1.807, 2.05) is 0 Å². The average molecular weight is 363 g/mol. The molecule has 2 aromatic carbocycles. The van der Waals surface area contributed by atoms with E-state index in [4.69, 9.17) is 11.6 Å². The molecule has 128 valence electrons. The molecule has 0 bridgehead atoms. The minimum atomic E-state index is -0.698. The number of carbonyl (C=O) groups excluding carboxylic acids is 1. The van der Waals surface area contributed by atoms with Gasteiger partial charge in [0.1, 0.15) is 5.02 Å². The summed E-state index contributed by atoms with van der Waals surface area (Å²) in [5, 5.41) is 25.4. The average Bonchev–Trinajstić information content (AvgIpc) is 2.59. The van der Waals surface area contributed by atoms with Crippen LogP contribution in [0.2, 0.25) is 5.02 Å². The number of carbonyl (C=O) groups is 1. The maximum absolute atomic E-state index is 12.0. The Hall–Kier alpha value is -3.33. The molecule has 0 aliphatic carbocycles. The van der Waals surface area contributed by atoms with Crippen LogP contribution in [0.1, 0.15) is 22.8 Å². The molecule has 0 radical (unpaired) electrons. The summed E-state index contributed by atoms with van der Waals surface area (Å²) < 4.78 is 0. The van der Waals surface area contributed by atoms with Crippen molar-refractivity contribution in [3.63, 3.8) is 0 Å². The maximum Gasteiger partial charge on any atom is 0.288 e. The van der Waals surface area contributed by atoms with Crippen LogP contribution in [-0.2, 0) is 0 Å². The van der Waals surface area contributed by atoms with Crippen LogP contribution in [0.4, 0.5) is 11.4 Å². The molecule has 0 unspecified atom stereocenters. The van der Waals surface area contributed by atoms with E-state index in [9.17, 15) is 25.0 Å². The topological polar surface area (TPSA) is 128 Å². The third kappa shape index (κ3) is 4.36. The summed E-state index contributed by atoms with van der Waals surface area (Å²) in [4.78, 5) is 32.4. The zero-order valence-corrected chi connectivity index (χ0v) is 13.6. The van der Waals surface area contributed by atoms with Gasteiger partial charge in [0.05, 0.1) is 15.6 Å². The molecule has 9 nitrogen and oxygen atoms in total. The summed E-state index contributed by atoms with van der Waals surface area (Å²) in [5.74, 6) is -0.676. The van der Waals surface area contributed by atoms with Crippen LogP contribution in [0.15, 0.2) is 47.6 Å². The highest BCUT2D eigenvalue weighted by atomic mass is 35.5. The van der Waals surface area contributed by atoms with Crippen molar-refractivity contribution in [3.05, 3.63) is 78.8 Å². The van der Waals surface area contributed by atoms with Crippen LogP contribution in [0.25, 0.3) is 0 Å². The Morgan fingerprint density at radius 1 is 1.08 bits per heavy atom. The van der Waals surface area contributed by atoms with E-state index in [2.05, 4.69) is 10.5 Å². The lowest BCUT2D eigenvalue weighted by molar-refractivity contribution is -0.385. The number of nitro benzene ring substituents is 2. The Labute approximate surface area is 146 Å². The van der Waals surface area contributed by atoms with Gasteiger partial charge in [-0.15, -0.1) is 0 Å². The summed E-state index contributed by atoms with van der Waals surface area (Å²) in [6, 6.07) is 9.35. The second-order valence-electron chi connectivity index (χ2n) is 4.87. The summed E-state index contributed by atoms with van der Waals surface area (Å²) in [7, 11) is 0. The molecule has 0 aliphatic rings. The van der Waals surface area contributed by atoms with E-state index in [1.54, 1.807) is 13.0 Å². The normalized spacial score (nSPS) is 11.0. The van der Waals surface area contributed by atoms with Crippen LogP contribution in [0.5, 0.6) is 0 Å². The van der Waals surface area contributed by atoms with Gasteiger partial charge in [-0.2, -0.15) is 5.10 Å². The van der Waals surface area contributed by atoms with Crippen LogP contribution >= 0.6 is 11.6 Å². The predicted octanol–water partition coefficient (Wildman–Crippen LogP) is 3.31. The van der Waals surface area contributed by atoms with Gasteiger partial charge in [0.25, 0.3) is 17.3 Å². The number of amides is 1. The van der Waals surface area contributed by atoms with Gasteiger partial charge in [0.2, 0.25) is 0 Å². The highest BCUT2D eigenvalue weighted by Crippen LogP contribution is 2.25. The first-order chi connectivity index (χ1) is 11.8. The van der Waals surface area contributed by atoms with E-state index in [-0.39, 0.29) is 16.3 Å². The molecule has 0 saturated heterocycles. The third-order valence-corrected chi connectivity index (χ3v) is 3.52. The second-order valence-corrected chi connectivity index (χ2v) is 5.28. The molecule has 0 spiro atoms. The van der Waals surface area contributed by atoms with Crippen LogP contribution < -0.4 is 5.43 Å². The van der Waals surface area contributed by atoms with Gasteiger partial charge in [0, 0.05) is 29.3 Å². The van der Waals surface area contributed by atoms with Crippen molar-refractivity contribution in [2.24, 2.45) is 5.10 Å². The third-order valence-electron chi connectivity index (χ3n) is 3.20. The molecule has 0 aromatic heterocycles. The van der Waals surface area contributed by atoms with Crippen molar-refractivity contribution >= 4 is 34.6 Å². The Morgan fingerprint density at radius 3 is 2.44 bits per heavy atom. The minimum Gasteiger partial charge on any atom is -0.267 e. The van der Waals surface area contributed by atoms with Crippen LogP contribution in [0, 0.1) is 20.2 Å². The number of halogens is 1. The molecule has 0 heterocycles. The number of nitrogens with one attached hydrogen (secondary N) is 1. The molecule has 1 amide bonds. The van der Waals surface area contributed by atoms with Crippen molar-refractivity contribution < 1.29 is 14.6 Å². The quantitative estimate of drug-likeness (QED) is 0.495. The van der Waals surface area contributed by atoms with Crippen molar-refractivity contribution in [2.75, 3.05) is 0 Å². The summed E-state index contributed by atoms with van der Waals surface area (Å²) in [5.41, 5.74) is 2.54. The molecule has 25 heavy (non-hydrogen) atoms. The highest BCUT2D eigenvalue weighted by molar-refractivity contribution is 6.32. The molecule has 0 aliphatic heterocycles. The molecular weight excluding hydrogens is 352 g/mol. The smallest absolute Gasteiger partial charge is 0.267 e. The summed E-state index contributed by atoms with van der Waals surface area (Å²) >= 11 is 5.69. The summed E-state index contributed by atoms with van der Waals surface area (Å²) in [6.45, 7) is 1.56. The minimum absolute atomic E-state index is 0.00620. The first-order valence-corrected chi connectivity index (χ1v) is 7.21. The molecule has 1 N–H and O–H groups in total. The fourth-order valence-corrected chi connectivity index (χ4v) is 2.09. The first-order valence-electron chi connectivity index (χ1n) is 6.83. The number of hydrogen-bond donors (Lipinski definition) is 1. The number of hydrazone groups is 1. The predicted molar refractivity (Wildman–Crippen MR) is 90.9 cm³/mol. The lowest BCUT2D eigenvalue weighted by Crippen LogP contribution is -2.19. The Bertz CT molecular complexity index is 897. The van der Waals surface area contributed by atoms with Gasteiger partial charge in [-0.1, -0.05) is 23.7 Å². The summed E-state index contributed by atoms with van der Waals surface area (Å²) in [6.07, 6.45) is 0. The van der Waals surface area contributed by atoms with Gasteiger partial charge in [-0.05, 0) is 19.1 Å². The van der Waals surface area contributed by atoms with E-state index in [0.717, 1.165) is 6.07 Å². The number of nitrogens with zero attached hydrogens (tertiary/aromatic N) is 3. The largest absolute Gasteiger partial charge is 0.288 e. The molecule has 2 aromatic rings. The Kier molecular flexibility index (Phi) is 5.40. The standard InChI is InChI=1S/C15H11ClN4O5/c1-9(10-3-2-4-12(7-10)19(22)23)17-18-15(21)11-5-6-13(16)14(8-11)20(24)25/h2-8H,1H3,(H,18,21)/b17-9-. The van der Waals surface area contributed by atoms with Gasteiger partial charge in [-0.3, -0.25) is 25.0 Å².